The molecule has 0 spiro atoms. The number of likely N-dealkylation sites (tertiary alicyclic amines) is 1. The monoisotopic (exact) mass is 343 g/mol. The Morgan fingerprint density at radius 2 is 2.00 bits per heavy atom. The van der Waals surface area contributed by atoms with Gasteiger partial charge in [-0.25, -0.2) is 9.97 Å². The van der Waals surface area contributed by atoms with E-state index in [0.717, 1.165) is 37.6 Å². The summed E-state index contributed by atoms with van der Waals surface area (Å²) in [5.74, 6) is 1.75. The van der Waals surface area contributed by atoms with Gasteiger partial charge in [-0.2, -0.15) is 0 Å². The van der Waals surface area contributed by atoms with Crippen molar-refractivity contribution in [1.82, 2.24) is 24.4 Å². The Morgan fingerprint density at radius 3 is 2.72 bits per heavy atom. The quantitative estimate of drug-likeness (QED) is 0.856. The third-order valence-corrected chi connectivity index (χ3v) is 4.51. The van der Waals surface area contributed by atoms with Crippen LogP contribution >= 0.6 is 0 Å². The molecule has 0 aliphatic carbocycles. The second-order valence-electron chi connectivity index (χ2n) is 6.64. The number of piperidine rings is 1. The largest absolute Gasteiger partial charge is 0.367 e. The summed E-state index contributed by atoms with van der Waals surface area (Å²) in [5.41, 5.74) is 0.600. The predicted molar refractivity (Wildman–Crippen MR) is 97.8 cm³/mol. The van der Waals surface area contributed by atoms with Gasteiger partial charge < -0.3 is 14.8 Å². The summed E-state index contributed by atoms with van der Waals surface area (Å²) in [7, 11) is 5.69. The topological polar surface area (TPSA) is 79.2 Å². The Kier molecular flexibility index (Phi) is 5.28. The van der Waals surface area contributed by atoms with Crippen molar-refractivity contribution in [3.63, 3.8) is 0 Å². The first-order valence-corrected chi connectivity index (χ1v) is 8.51. The van der Waals surface area contributed by atoms with Crippen LogP contribution < -0.4 is 15.8 Å². The number of rotatable bonds is 5. The maximum atomic E-state index is 12.1. The Morgan fingerprint density at radius 1 is 1.24 bits per heavy atom. The van der Waals surface area contributed by atoms with Crippen LogP contribution in [0.3, 0.4) is 0 Å². The van der Waals surface area contributed by atoms with Crippen LogP contribution in [0.1, 0.15) is 18.5 Å². The normalized spacial score (nSPS) is 16.0. The van der Waals surface area contributed by atoms with Gasteiger partial charge in [0.05, 0.1) is 0 Å². The summed E-state index contributed by atoms with van der Waals surface area (Å²) in [6.45, 7) is 2.48. The second kappa shape index (κ2) is 7.60. The van der Waals surface area contributed by atoms with Gasteiger partial charge in [-0.3, -0.25) is 14.7 Å². The first-order chi connectivity index (χ1) is 12.0. The van der Waals surface area contributed by atoms with E-state index in [2.05, 4.69) is 25.2 Å². The second-order valence-corrected chi connectivity index (χ2v) is 6.64. The molecular weight excluding hydrogens is 318 g/mol. The highest BCUT2D eigenvalue weighted by molar-refractivity contribution is 5.47. The molecule has 1 aliphatic heterocycles. The molecule has 0 unspecified atom stereocenters. The number of nitrogens with one attached hydrogen (secondary N) is 1. The number of hydrogen-bond donors (Lipinski definition) is 1. The Bertz CT molecular complexity index is 766. The number of hydrogen-bond acceptors (Lipinski definition) is 7. The molecule has 8 heteroatoms. The lowest BCUT2D eigenvalue weighted by molar-refractivity contribution is 0.208. The van der Waals surface area contributed by atoms with Gasteiger partial charge in [0.1, 0.15) is 23.7 Å². The molecule has 0 radical (unpaired) electrons. The molecule has 0 atom stereocenters. The zero-order chi connectivity index (χ0) is 17.8. The van der Waals surface area contributed by atoms with E-state index in [1.54, 1.807) is 30.3 Å². The summed E-state index contributed by atoms with van der Waals surface area (Å²) >= 11 is 0. The zero-order valence-corrected chi connectivity index (χ0v) is 15.0. The Hall–Kier alpha value is -2.48. The Balaban J connectivity index is 1.54. The highest BCUT2D eigenvalue weighted by Gasteiger charge is 2.21. The Labute approximate surface area is 147 Å². The molecule has 8 nitrogen and oxygen atoms in total. The molecule has 0 saturated carbocycles. The minimum Gasteiger partial charge on any atom is -0.367 e. The minimum absolute atomic E-state index is 0.0139. The molecule has 134 valence electrons. The first kappa shape index (κ1) is 17.3. The molecule has 2 aromatic heterocycles. The fraction of sp³-hybridized carbons (Fsp3) is 0.529. The number of aromatic nitrogens is 4. The average Bonchev–Trinajstić information content (AvgIpc) is 2.61. The van der Waals surface area contributed by atoms with E-state index in [-0.39, 0.29) is 5.56 Å². The van der Waals surface area contributed by atoms with Crippen LogP contribution in [0, 0.1) is 0 Å². The van der Waals surface area contributed by atoms with Crippen LogP contribution in [0.5, 0.6) is 0 Å². The van der Waals surface area contributed by atoms with Gasteiger partial charge in [0, 0.05) is 65.3 Å². The van der Waals surface area contributed by atoms with Crippen molar-refractivity contribution in [3.8, 4) is 0 Å². The molecule has 1 fully saturated rings. The third-order valence-electron chi connectivity index (χ3n) is 4.51. The van der Waals surface area contributed by atoms with E-state index >= 15 is 0 Å². The van der Waals surface area contributed by atoms with E-state index in [0.29, 0.717) is 18.3 Å². The highest BCUT2D eigenvalue weighted by Crippen LogP contribution is 2.18. The van der Waals surface area contributed by atoms with Crippen LogP contribution in [0.2, 0.25) is 0 Å². The lowest BCUT2D eigenvalue weighted by Gasteiger charge is -2.32. The van der Waals surface area contributed by atoms with Crippen molar-refractivity contribution in [2.75, 3.05) is 37.4 Å². The summed E-state index contributed by atoms with van der Waals surface area (Å²) < 4.78 is 1.58. The van der Waals surface area contributed by atoms with Crippen molar-refractivity contribution in [1.29, 1.82) is 0 Å². The molecule has 2 aromatic rings. The van der Waals surface area contributed by atoms with Gasteiger partial charge in [0.25, 0.3) is 5.56 Å². The van der Waals surface area contributed by atoms with Gasteiger partial charge >= 0.3 is 0 Å². The molecule has 0 aromatic carbocycles. The molecule has 1 N–H and O–H groups in total. The summed E-state index contributed by atoms with van der Waals surface area (Å²) in [4.78, 5) is 29.1. The van der Waals surface area contributed by atoms with Crippen LogP contribution in [0.15, 0.2) is 29.6 Å². The SMILES string of the molecule is CN(C)c1cc(NC2CCN(Cc3nccn(C)c3=O)CC2)ncn1. The summed E-state index contributed by atoms with van der Waals surface area (Å²) in [6.07, 6.45) is 6.97. The fourth-order valence-electron chi connectivity index (χ4n) is 2.99. The lowest BCUT2D eigenvalue weighted by Crippen LogP contribution is -2.40. The van der Waals surface area contributed by atoms with Crippen LogP contribution in [-0.4, -0.2) is 57.6 Å². The van der Waals surface area contributed by atoms with E-state index < -0.39 is 0 Å². The highest BCUT2D eigenvalue weighted by atomic mass is 16.1. The van der Waals surface area contributed by atoms with Crippen molar-refractivity contribution in [2.45, 2.75) is 25.4 Å². The number of nitrogens with zero attached hydrogens (tertiary/aromatic N) is 6. The van der Waals surface area contributed by atoms with Gasteiger partial charge in [-0.15, -0.1) is 0 Å². The van der Waals surface area contributed by atoms with Gasteiger partial charge in [0.2, 0.25) is 0 Å². The van der Waals surface area contributed by atoms with Crippen LogP contribution in [0.4, 0.5) is 11.6 Å². The third kappa shape index (κ3) is 4.33. The van der Waals surface area contributed by atoms with E-state index in [9.17, 15) is 4.79 Å². The van der Waals surface area contributed by atoms with E-state index in [1.807, 2.05) is 25.1 Å². The van der Waals surface area contributed by atoms with Crippen molar-refractivity contribution in [2.24, 2.45) is 7.05 Å². The molecule has 1 saturated heterocycles. The van der Waals surface area contributed by atoms with E-state index in [4.69, 9.17) is 0 Å². The molecular formula is C17H25N7O. The van der Waals surface area contributed by atoms with Crippen molar-refractivity contribution < 1.29 is 0 Å². The molecule has 0 bridgehead atoms. The zero-order valence-electron chi connectivity index (χ0n) is 15.0. The van der Waals surface area contributed by atoms with Crippen LogP contribution in [0.25, 0.3) is 0 Å². The molecule has 0 amide bonds. The summed E-state index contributed by atoms with van der Waals surface area (Å²) in [5, 5.41) is 3.50. The smallest absolute Gasteiger partial charge is 0.273 e. The fourth-order valence-corrected chi connectivity index (χ4v) is 2.99. The lowest BCUT2D eigenvalue weighted by atomic mass is 10.0. The number of anilines is 2. The maximum absolute atomic E-state index is 12.1. The van der Waals surface area contributed by atoms with Gasteiger partial charge in [0.15, 0.2) is 0 Å². The number of aryl methyl sites for hydroxylation is 1. The predicted octanol–water partition coefficient (Wildman–Crippen LogP) is 0.713. The van der Waals surface area contributed by atoms with Crippen LogP contribution in [-0.2, 0) is 13.6 Å². The molecule has 25 heavy (non-hydrogen) atoms. The average molecular weight is 343 g/mol. The van der Waals surface area contributed by atoms with Crippen molar-refractivity contribution >= 4 is 11.6 Å². The molecule has 1 aliphatic rings. The summed E-state index contributed by atoms with van der Waals surface area (Å²) in [6, 6.07) is 2.34. The first-order valence-electron chi connectivity index (χ1n) is 8.51. The standard InChI is InChI=1S/C17H25N7O/c1-22(2)16-10-15(19-12-20-16)21-13-4-7-24(8-5-13)11-14-17(25)23(3)9-6-18-14/h6,9-10,12-13H,4-5,7-8,11H2,1-3H3,(H,19,20,21). The molecule has 3 heterocycles. The minimum atomic E-state index is -0.0139. The van der Waals surface area contributed by atoms with Crippen molar-refractivity contribution in [3.05, 3.63) is 40.8 Å². The van der Waals surface area contributed by atoms with Gasteiger partial charge in [-0.05, 0) is 12.8 Å². The van der Waals surface area contributed by atoms with Gasteiger partial charge in [-0.1, -0.05) is 0 Å². The maximum Gasteiger partial charge on any atom is 0.273 e. The molecule has 3 rings (SSSR count). The van der Waals surface area contributed by atoms with E-state index in [1.165, 1.54) is 0 Å².